The molecule has 2 aromatic rings. The Hall–Kier alpha value is -3.66. The summed E-state index contributed by atoms with van der Waals surface area (Å²) in [6.45, 7) is 2.64. The van der Waals surface area contributed by atoms with Crippen LogP contribution >= 0.6 is 0 Å². The van der Waals surface area contributed by atoms with Gasteiger partial charge in [0.15, 0.2) is 0 Å². The molecule has 1 amide bonds. The van der Waals surface area contributed by atoms with Crippen molar-refractivity contribution in [2.24, 2.45) is 16.0 Å². The minimum absolute atomic E-state index is 0.0616. The molecule has 0 bridgehead atoms. The number of guanidine groups is 1. The lowest BCUT2D eigenvalue weighted by molar-refractivity contribution is -0.121. The van der Waals surface area contributed by atoms with Crippen LogP contribution in [0.5, 0.6) is 0 Å². The molecule has 1 unspecified atom stereocenters. The maximum absolute atomic E-state index is 11.4. The number of anilines is 1. The Bertz CT molecular complexity index is 912. The Morgan fingerprint density at radius 3 is 2.68 bits per heavy atom. The average Bonchev–Trinajstić information content (AvgIpc) is 2.70. The second-order valence-electron chi connectivity index (χ2n) is 6.56. The van der Waals surface area contributed by atoms with Crippen LogP contribution in [-0.4, -0.2) is 24.1 Å². The number of nitriles is 1. The standard InChI is InChI=1S/C21H22N6O/c1-15-13-19(28)26-27-20(15)17-7-9-18(10-8-17)25-21(24-14-22)23-12-11-16-5-3-2-4-6-16/h2-10,15H,11-13H2,1H3,(H,26,28)(H2,23,24,25). The van der Waals surface area contributed by atoms with Crippen molar-refractivity contribution in [3.63, 3.8) is 0 Å². The van der Waals surface area contributed by atoms with Gasteiger partial charge in [-0.15, -0.1) is 4.99 Å². The van der Waals surface area contributed by atoms with E-state index in [1.807, 2.05) is 55.6 Å². The van der Waals surface area contributed by atoms with Gasteiger partial charge in [0.05, 0.1) is 5.71 Å². The Labute approximate surface area is 164 Å². The van der Waals surface area contributed by atoms with Crippen molar-refractivity contribution in [1.82, 2.24) is 10.7 Å². The fraction of sp³-hybridized carbons (Fsp3) is 0.238. The van der Waals surface area contributed by atoms with E-state index in [2.05, 4.69) is 38.3 Å². The van der Waals surface area contributed by atoms with Crippen molar-refractivity contribution in [2.45, 2.75) is 19.8 Å². The summed E-state index contributed by atoms with van der Waals surface area (Å²) in [5.74, 6) is 0.415. The van der Waals surface area contributed by atoms with E-state index >= 15 is 0 Å². The number of carbonyl (C=O) groups is 1. The molecule has 0 spiro atoms. The first-order valence-corrected chi connectivity index (χ1v) is 9.14. The van der Waals surface area contributed by atoms with E-state index in [9.17, 15) is 4.79 Å². The Morgan fingerprint density at radius 1 is 1.25 bits per heavy atom. The monoisotopic (exact) mass is 374 g/mol. The zero-order chi connectivity index (χ0) is 19.8. The summed E-state index contributed by atoms with van der Waals surface area (Å²) in [4.78, 5) is 15.2. The van der Waals surface area contributed by atoms with Gasteiger partial charge < -0.3 is 10.6 Å². The Morgan fingerprint density at radius 2 is 2.00 bits per heavy atom. The van der Waals surface area contributed by atoms with Crippen LogP contribution < -0.4 is 16.1 Å². The summed E-state index contributed by atoms with van der Waals surface area (Å²) >= 11 is 0. The van der Waals surface area contributed by atoms with Gasteiger partial charge in [-0.3, -0.25) is 4.79 Å². The van der Waals surface area contributed by atoms with Gasteiger partial charge in [-0.2, -0.15) is 10.4 Å². The predicted octanol–water partition coefficient (Wildman–Crippen LogP) is 2.63. The highest BCUT2D eigenvalue weighted by molar-refractivity contribution is 6.06. The third kappa shape index (κ3) is 5.17. The van der Waals surface area contributed by atoms with E-state index in [1.54, 1.807) is 0 Å². The molecule has 0 radical (unpaired) electrons. The Balaban J connectivity index is 1.60. The smallest absolute Gasteiger partial charge is 0.240 e. The number of benzene rings is 2. The van der Waals surface area contributed by atoms with Gasteiger partial charge in [-0.25, -0.2) is 5.43 Å². The molecule has 28 heavy (non-hydrogen) atoms. The molecule has 0 aliphatic carbocycles. The number of hydrogen-bond acceptors (Lipinski definition) is 4. The predicted molar refractivity (Wildman–Crippen MR) is 110 cm³/mol. The summed E-state index contributed by atoms with van der Waals surface area (Å²) < 4.78 is 0. The topological polar surface area (TPSA) is 102 Å². The number of nitrogens with zero attached hydrogens (tertiary/aromatic N) is 3. The largest absolute Gasteiger partial charge is 0.355 e. The van der Waals surface area contributed by atoms with Gasteiger partial charge in [-0.05, 0) is 29.7 Å². The summed E-state index contributed by atoms with van der Waals surface area (Å²) in [7, 11) is 0. The fourth-order valence-electron chi connectivity index (χ4n) is 2.99. The molecule has 7 heteroatoms. The molecule has 142 valence electrons. The van der Waals surface area contributed by atoms with E-state index in [4.69, 9.17) is 5.26 Å². The molecule has 7 nitrogen and oxygen atoms in total. The molecule has 1 aliphatic rings. The number of aliphatic imine (C=N–C) groups is 1. The SMILES string of the molecule is CC1CC(=O)NN=C1c1ccc(NC(=NC#N)NCCc2ccccc2)cc1. The quantitative estimate of drug-likeness (QED) is 0.425. The average molecular weight is 374 g/mol. The summed E-state index contributed by atoms with van der Waals surface area (Å²) in [6.07, 6.45) is 3.08. The Kier molecular flexibility index (Phi) is 6.37. The number of nitrogens with one attached hydrogen (secondary N) is 3. The molecule has 0 saturated heterocycles. The van der Waals surface area contributed by atoms with E-state index in [-0.39, 0.29) is 11.8 Å². The van der Waals surface area contributed by atoms with Gasteiger partial charge in [-0.1, -0.05) is 49.4 Å². The van der Waals surface area contributed by atoms with Gasteiger partial charge in [0, 0.05) is 24.6 Å². The molecule has 1 atom stereocenters. The highest BCUT2D eigenvalue weighted by Crippen LogP contribution is 2.18. The normalized spacial score (nSPS) is 16.6. The van der Waals surface area contributed by atoms with Gasteiger partial charge in [0.1, 0.15) is 0 Å². The van der Waals surface area contributed by atoms with Gasteiger partial charge in [0.2, 0.25) is 18.1 Å². The second kappa shape index (κ2) is 9.33. The maximum Gasteiger partial charge on any atom is 0.240 e. The number of carbonyl (C=O) groups excluding carboxylic acids is 1. The number of rotatable bonds is 5. The van der Waals surface area contributed by atoms with Crippen molar-refractivity contribution in [3.8, 4) is 6.19 Å². The number of amides is 1. The van der Waals surface area contributed by atoms with E-state index < -0.39 is 0 Å². The van der Waals surface area contributed by atoms with Crippen LogP contribution in [-0.2, 0) is 11.2 Å². The van der Waals surface area contributed by atoms with Crippen LogP contribution in [0.4, 0.5) is 5.69 Å². The van der Waals surface area contributed by atoms with Crippen molar-refractivity contribution in [3.05, 3.63) is 65.7 Å². The van der Waals surface area contributed by atoms with Crippen molar-refractivity contribution < 1.29 is 4.79 Å². The highest BCUT2D eigenvalue weighted by Gasteiger charge is 2.21. The minimum atomic E-state index is -0.0616. The summed E-state index contributed by atoms with van der Waals surface area (Å²) in [5.41, 5.74) is 6.36. The van der Waals surface area contributed by atoms with Crippen molar-refractivity contribution >= 4 is 23.3 Å². The minimum Gasteiger partial charge on any atom is -0.355 e. The van der Waals surface area contributed by atoms with Crippen LogP contribution in [0, 0.1) is 17.4 Å². The number of hydrazone groups is 1. The third-order valence-electron chi connectivity index (χ3n) is 4.41. The molecule has 1 heterocycles. The van der Waals surface area contributed by atoms with Crippen molar-refractivity contribution in [2.75, 3.05) is 11.9 Å². The molecule has 0 saturated carbocycles. The first kappa shape index (κ1) is 19.1. The van der Waals surface area contributed by atoms with Gasteiger partial charge >= 0.3 is 0 Å². The van der Waals surface area contributed by atoms with Crippen molar-refractivity contribution in [1.29, 1.82) is 5.26 Å². The molecule has 3 rings (SSSR count). The second-order valence-corrected chi connectivity index (χ2v) is 6.56. The van der Waals surface area contributed by atoms with Crippen LogP contribution in [0.25, 0.3) is 0 Å². The maximum atomic E-state index is 11.4. The molecular formula is C21H22N6O. The zero-order valence-electron chi connectivity index (χ0n) is 15.6. The summed E-state index contributed by atoms with van der Waals surface area (Å²) in [6, 6.07) is 17.8. The zero-order valence-corrected chi connectivity index (χ0v) is 15.6. The highest BCUT2D eigenvalue weighted by atomic mass is 16.2. The van der Waals surface area contributed by atoms with Crippen LogP contribution in [0.3, 0.4) is 0 Å². The molecule has 0 aromatic heterocycles. The van der Waals surface area contributed by atoms with E-state index in [0.29, 0.717) is 18.9 Å². The lowest BCUT2D eigenvalue weighted by atomic mass is 9.94. The van der Waals surface area contributed by atoms with Crippen LogP contribution in [0.15, 0.2) is 64.7 Å². The molecule has 2 aromatic carbocycles. The lowest BCUT2D eigenvalue weighted by Gasteiger charge is -2.19. The first-order chi connectivity index (χ1) is 13.7. The van der Waals surface area contributed by atoms with Crippen LogP contribution in [0.1, 0.15) is 24.5 Å². The number of hydrogen-bond donors (Lipinski definition) is 3. The molecular weight excluding hydrogens is 352 g/mol. The fourth-order valence-corrected chi connectivity index (χ4v) is 2.99. The van der Waals surface area contributed by atoms with E-state index in [1.165, 1.54) is 5.56 Å². The molecule has 1 aliphatic heterocycles. The lowest BCUT2D eigenvalue weighted by Crippen LogP contribution is -2.32. The van der Waals surface area contributed by atoms with Crippen LogP contribution in [0.2, 0.25) is 0 Å². The van der Waals surface area contributed by atoms with Gasteiger partial charge in [0.25, 0.3) is 0 Å². The summed E-state index contributed by atoms with van der Waals surface area (Å²) in [5, 5.41) is 19.4. The molecule has 3 N–H and O–H groups in total. The molecule has 0 fully saturated rings. The first-order valence-electron chi connectivity index (χ1n) is 9.14. The van der Waals surface area contributed by atoms with E-state index in [0.717, 1.165) is 23.4 Å². The third-order valence-corrected chi connectivity index (χ3v) is 4.41.